The average Bonchev–Trinajstić information content (AvgIpc) is 2.73. The third-order valence-electron chi connectivity index (χ3n) is 5.15. The van der Waals surface area contributed by atoms with Gasteiger partial charge in [0.2, 0.25) is 5.95 Å². The van der Waals surface area contributed by atoms with Crippen LogP contribution in [-0.4, -0.2) is 17.0 Å². The minimum atomic E-state index is -2.32. The topological polar surface area (TPSA) is 3.24 Å². The van der Waals surface area contributed by atoms with E-state index in [1.54, 1.807) is 0 Å². The van der Waals surface area contributed by atoms with Crippen LogP contribution in [0.3, 0.4) is 0 Å². The van der Waals surface area contributed by atoms with Crippen LogP contribution in [0.2, 0.25) is 0 Å². The number of nitrogens with zero attached hydrogens (tertiary/aromatic N) is 1. The van der Waals surface area contributed by atoms with Crippen molar-refractivity contribution in [1.29, 1.82) is 0 Å². The van der Waals surface area contributed by atoms with E-state index < -0.39 is 7.26 Å². The van der Waals surface area contributed by atoms with Gasteiger partial charge in [-0.05, 0) is 64.1 Å². The van der Waals surface area contributed by atoms with E-state index in [1.807, 2.05) is 93.0 Å². The van der Waals surface area contributed by atoms with Crippen molar-refractivity contribution in [2.24, 2.45) is 0 Å². The highest BCUT2D eigenvalue weighted by Crippen LogP contribution is 2.58. The van der Waals surface area contributed by atoms with Gasteiger partial charge in [0.1, 0.15) is 29.0 Å². The zero-order valence-electron chi connectivity index (χ0n) is 17.7. The van der Waals surface area contributed by atoms with Crippen molar-refractivity contribution in [2.75, 3.05) is 0 Å². The molecule has 1 nitrogen and oxygen atoms in total. The van der Waals surface area contributed by atoms with Gasteiger partial charge in [-0.1, -0.05) is 54.6 Å². The van der Waals surface area contributed by atoms with E-state index in [0.717, 1.165) is 15.9 Å². The molecule has 0 bridgehead atoms. The molecule has 0 amide bonds. The molecule has 150 valence electrons. The van der Waals surface area contributed by atoms with Gasteiger partial charge >= 0.3 is 0 Å². The largest absolute Gasteiger partial charge is 0.341 e. The second-order valence-electron chi connectivity index (χ2n) is 7.78. The van der Waals surface area contributed by atoms with Gasteiger partial charge in [-0.15, -0.1) is 0 Å². The maximum atomic E-state index is 15.9. The summed E-state index contributed by atoms with van der Waals surface area (Å²) in [5.41, 5.74) is 0. The smallest absolute Gasteiger partial charge is 0.226 e. The number of rotatable bonds is 7. The Balaban J connectivity index is 2.35. The van der Waals surface area contributed by atoms with Crippen LogP contribution in [-0.2, 0) is 0 Å². The Morgan fingerprint density at radius 2 is 0.966 bits per heavy atom. The molecule has 0 aromatic heterocycles. The van der Waals surface area contributed by atoms with Crippen LogP contribution in [0.1, 0.15) is 27.7 Å². The van der Waals surface area contributed by atoms with E-state index in [1.165, 1.54) is 0 Å². The Kier molecular flexibility index (Phi) is 6.87. The second kappa shape index (κ2) is 9.37. The van der Waals surface area contributed by atoms with Crippen molar-refractivity contribution in [1.82, 2.24) is 4.90 Å². The highest BCUT2D eigenvalue weighted by atomic mass is 31.2. The molecule has 0 N–H and O–H groups in total. The molecule has 3 aromatic carbocycles. The third kappa shape index (κ3) is 4.43. The first-order valence-corrected chi connectivity index (χ1v) is 12.0. The normalized spacial score (nSPS) is 12.4. The number of benzene rings is 3. The standard InChI is InChI=1S/C26H30FNP/c1-21(2)28(22(3)4)26(27)20-29(23-14-8-5-9-15-23,24-16-10-6-11-17-24)25-18-12-7-13-19-25/h5-22H,1-4H3/q+1/b26-20+. The molecular weight excluding hydrogens is 376 g/mol. The second-order valence-corrected chi connectivity index (χ2v) is 11.0. The van der Waals surface area contributed by atoms with Gasteiger partial charge in [0.25, 0.3) is 0 Å². The average molecular weight is 407 g/mol. The number of halogens is 1. The molecule has 0 aliphatic carbocycles. The van der Waals surface area contributed by atoms with E-state index in [-0.39, 0.29) is 18.0 Å². The molecule has 29 heavy (non-hydrogen) atoms. The summed E-state index contributed by atoms with van der Waals surface area (Å²) in [7, 11) is -2.32. The van der Waals surface area contributed by atoms with Crippen molar-refractivity contribution in [3.8, 4) is 0 Å². The molecule has 0 spiro atoms. The molecule has 0 aliphatic rings. The zero-order valence-corrected chi connectivity index (χ0v) is 18.6. The summed E-state index contributed by atoms with van der Waals surface area (Å²) in [6, 6.07) is 31.3. The fourth-order valence-corrected chi connectivity index (χ4v) is 7.70. The Labute approximate surface area is 175 Å². The molecule has 0 fully saturated rings. The highest BCUT2D eigenvalue weighted by Gasteiger charge is 2.45. The first kappa shape index (κ1) is 21.3. The van der Waals surface area contributed by atoms with E-state index in [0.29, 0.717) is 0 Å². The van der Waals surface area contributed by atoms with Gasteiger partial charge in [-0.25, -0.2) is 0 Å². The third-order valence-corrected chi connectivity index (χ3v) is 9.09. The van der Waals surface area contributed by atoms with Gasteiger partial charge in [0.05, 0.1) is 0 Å². The van der Waals surface area contributed by atoms with Crippen LogP contribution in [0.4, 0.5) is 4.39 Å². The van der Waals surface area contributed by atoms with Crippen molar-refractivity contribution >= 4 is 23.2 Å². The van der Waals surface area contributed by atoms with Crippen LogP contribution in [0.15, 0.2) is 103 Å². The monoisotopic (exact) mass is 406 g/mol. The summed E-state index contributed by atoms with van der Waals surface area (Å²) in [6.45, 7) is 8.17. The van der Waals surface area contributed by atoms with E-state index >= 15 is 4.39 Å². The lowest BCUT2D eigenvalue weighted by Gasteiger charge is -2.32. The van der Waals surface area contributed by atoms with Gasteiger partial charge in [0.15, 0.2) is 0 Å². The fraction of sp³-hybridized carbons (Fsp3) is 0.231. The summed E-state index contributed by atoms with van der Waals surface area (Å²) in [5, 5.41) is 3.46. The Morgan fingerprint density at radius 3 is 1.24 bits per heavy atom. The fourth-order valence-electron chi connectivity index (χ4n) is 3.98. The lowest BCUT2D eigenvalue weighted by atomic mass is 10.2. The van der Waals surface area contributed by atoms with Crippen LogP contribution in [0.5, 0.6) is 0 Å². The van der Waals surface area contributed by atoms with Crippen LogP contribution in [0.25, 0.3) is 0 Å². The lowest BCUT2D eigenvalue weighted by Crippen LogP contribution is -2.36. The first-order chi connectivity index (χ1) is 14.0. The summed E-state index contributed by atoms with van der Waals surface area (Å²) in [5.74, 6) is 1.76. The molecule has 0 saturated heterocycles. The van der Waals surface area contributed by atoms with E-state index in [9.17, 15) is 0 Å². The van der Waals surface area contributed by atoms with Crippen LogP contribution < -0.4 is 15.9 Å². The van der Waals surface area contributed by atoms with Crippen LogP contribution >= 0.6 is 7.26 Å². The van der Waals surface area contributed by atoms with Gasteiger partial charge in [-0.2, -0.15) is 4.39 Å². The molecular formula is C26H30FNP+. The van der Waals surface area contributed by atoms with Gasteiger partial charge < -0.3 is 4.90 Å². The van der Waals surface area contributed by atoms with Gasteiger partial charge in [0, 0.05) is 12.1 Å². The summed E-state index contributed by atoms with van der Waals surface area (Å²) in [4.78, 5) is 1.86. The quantitative estimate of drug-likeness (QED) is 0.350. The molecule has 3 heteroatoms. The zero-order chi connectivity index (χ0) is 20.9. The van der Waals surface area contributed by atoms with Gasteiger partial charge in [-0.3, -0.25) is 0 Å². The Morgan fingerprint density at radius 1 is 0.655 bits per heavy atom. The molecule has 3 rings (SSSR count). The minimum absolute atomic E-state index is 0.0791. The maximum absolute atomic E-state index is 15.9. The first-order valence-electron chi connectivity index (χ1n) is 10.2. The van der Waals surface area contributed by atoms with E-state index in [2.05, 4.69) is 36.4 Å². The van der Waals surface area contributed by atoms with E-state index in [4.69, 9.17) is 0 Å². The molecule has 0 aliphatic heterocycles. The summed E-state index contributed by atoms with van der Waals surface area (Å²) >= 11 is 0. The van der Waals surface area contributed by atoms with Crippen molar-refractivity contribution in [2.45, 2.75) is 39.8 Å². The maximum Gasteiger partial charge on any atom is 0.226 e. The number of hydrogen-bond acceptors (Lipinski definition) is 1. The Bertz CT molecular complexity index is 816. The predicted molar refractivity (Wildman–Crippen MR) is 126 cm³/mol. The molecule has 0 radical (unpaired) electrons. The van der Waals surface area contributed by atoms with Crippen molar-refractivity contribution < 1.29 is 4.39 Å². The predicted octanol–water partition coefficient (Wildman–Crippen LogP) is 5.87. The molecule has 0 unspecified atom stereocenters. The SMILES string of the molecule is CC(C)N(/C(F)=C/[P+](c1ccccc1)(c1ccccc1)c1ccccc1)C(C)C. The highest BCUT2D eigenvalue weighted by molar-refractivity contribution is 7.98. The Hall–Kier alpha value is -2.44. The molecule has 0 heterocycles. The minimum Gasteiger partial charge on any atom is -0.341 e. The molecule has 0 saturated carbocycles. The van der Waals surface area contributed by atoms with Crippen molar-refractivity contribution in [3.05, 3.63) is 103 Å². The lowest BCUT2D eigenvalue weighted by molar-refractivity contribution is 0.181. The summed E-state index contributed by atoms with van der Waals surface area (Å²) < 4.78 is 15.9. The number of hydrogen-bond donors (Lipinski definition) is 0. The molecule has 3 aromatic rings. The summed E-state index contributed by atoms with van der Waals surface area (Å²) in [6.07, 6.45) is 0. The molecule has 0 atom stereocenters. The van der Waals surface area contributed by atoms with Crippen molar-refractivity contribution in [3.63, 3.8) is 0 Å². The van der Waals surface area contributed by atoms with Crippen LogP contribution in [0, 0.1) is 0 Å².